The third kappa shape index (κ3) is 1.83. The molecular weight excluding hydrogens is 180 g/mol. The Morgan fingerprint density at radius 3 is 2.93 bits per heavy atom. The SMILES string of the molecule is O=C(O)/C=C/c1ccc2c(c1)COC2. The zero-order valence-electron chi connectivity index (χ0n) is 7.56. The molecule has 0 aromatic heterocycles. The van der Waals surface area contributed by atoms with E-state index in [0.29, 0.717) is 13.2 Å². The summed E-state index contributed by atoms with van der Waals surface area (Å²) in [4.78, 5) is 10.3. The van der Waals surface area contributed by atoms with Crippen molar-refractivity contribution in [2.75, 3.05) is 0 Å². The Morgan fingerprint density at radius 2 is 2.14 bits per heavy atom. The molecule has 1 aliphatic rings. The second-order valence-electron chi connectivity index (χ2n) is 3.19. The Bertz CT molecular complexity index is 394. The van der Waals surface area contributed by atoms with Crippen LogP contribution in [-0.2, 0) is 22.7 Å². The summed E-state index contributed by atoms with van der Waals surface area (Å²) < 4.78 is 5.26. The Kier molecular flexibility index (Phi) is 2.33. The average Bonchev–Trinajstić information content (AvgIpc) is 2.61. The van der Waals surface area contributed by atoms with Gasteiger partial charge in [-0.15, -0.1) is 0 Å². The Hall–Kier alpha value is -1.61. The first kappa shape index (κ1) is 8.97. The van der Waals surface area contributed by atoms with Crippen molar-refractivity contribution in [3.63, 3.8) is 0 Å². The van der Waals surface area contributed by atoms with E-state index in [1.165, 1.54) is 5.56 Å². The topological polar surface area (TPSA) is 46.5 Å². The van der Waals surface area contributed by atoms with Crippen molar-refractivity contribution >= 4 is 12.0 Å². The van der Waals surface area contributed by atoms with Gasteiger partial charge in [0.25, 0.3) is 0 Å². The molecular formula is C11H10O3. The van der Waals surface area contributed by atoms with Gasteiger partial charge in [-0.2, -0.15) is 0 Å². The summed E-state index contributed by atoms with van der Waals surface area (Å²) in [6, 6.07) is 5.83. The summed E-state index contributed by atoms with van der Waals surface area (Å²) in [6.45, 7) is 1.29. The summed E-state index contributed by atoms with van der Waals surface area (Å²) >= 11 is 0. The molecule has 0 bridgehead atoms. The summed E-state index contributed by atoms with van der Waals surface area (Å²) in [6.07, 6.45) is 2.72. The van der Waals surface area contributed by atoms with Crippen LogP contribution < -0.4 is 0 Å². The number of fused-ring (bicyclic) bond motifs is 1. The van der Waals surface area contributed by atoms with E-state index in [1.807, 2.05) is 18.2 Å². The van der Waals surface area contributed by atoms with Crippen LogP contribution in [0.3, 0.4) is 0 Å². The number of hydrogen-bond donors (Lipinski definition) is 1. The van der Waals surface area contributed by atoms with Gasteiger partial charge in [0.1, 0.15) is 0 Å². The minimum atomic E-state index is -0.929. The molecule has 2 rings (SSSR count). The summed E-state index contributed by atoms with van der Waals surface area (Å²) in [7, 11) is 0. The molecule has 1 aromatic rings. The molecule has 3 nitrogen and oxygen atoms in total. The van der Waals surface area contributed by atoms with Crippen molar-refractivity contribution in [3.05, 3.63) is 41.0 Å². The van der Waals surface area contributed by atoms with Gasteiger partial charge >= 0.3 is 5.97 Å². The molecule has 0 fully saturated rings. The van der Waals surface area contributed by atoms with Gasteiger partial charge in [-0.1, -0.05) is 12.1 Å². The van der Waals surface area contributed by atoms with E-state index in [9.17, 15) is 4.79 Å². The van der Waals surface area contributed by atoms with Gasteiger partial charge in [-0.3, -0.25) is 0 Å². The van der Waals surface area contributed by atoms with Crippen molar-refractivity contribution in [2.24, 2.45) is 0 Å². The summed E-state index contributed by atoms with van der Waals surface area (Å²) in [5.74, 6) is -0.929. The highest BCUT2D eigenvalue weighted by Crippen LogP contribution is 2.21. The monoisotopic (exact) mass is 190 g/mol. The Morgan fingerprint density at radius 1 is 1.36 bits per heavy atom. The zero-order chi connectivity index (χ0) is 9.97. The van der Waals surface area contributed by atoms with Gasteiger partial charge in [0.15, 0.2) is 0 Å². The number of rotatable bonds is 2. The van der Waals surface area contributed by atoms with Gasteiger partial charge in [-0.05, 0) is 28.8 Å². The number of carbonyl (C=O) groups is 1. The van der Waals surface area contributed by atoms with Crippen LogP contribution in [0.5, 0.6) is 0 Å². The minimum absolute atomic E-state index is 0.629. The highest BCUT2D eigenvalue weighted by Gasteiger charge is 2.09. The van der Waals surface area contributed by atoms with Crippen LogP contribution in [0.4, 0.5) is 0 Å². The average molecular weight is 190 g/mol. The molecule has 1 heterocycles. The van der Waals surface area contributed by atoms with Gasteiger partial charge in [0.2, 0.25) is 0 Å². The lowest BCUT2D eigenvalue weighted by molar-refractivity contribution is -0.131. The van der Waals surface area contributed by atoms with E-state index in [0.717, 1.165) is 17.2 Å². The molecule has 1 N–H and O–H groups in total. The van der Waals surface area contributed by atoms with Crippen molar-refractivity contribution in [1.29, 1.82) is 0 Å². The van der Waals surface area contributed by atoms with Crippen LogP contribution in [0.1, 0.15) is 16.7 Å². The molecule has 3 heteroatoms. The van der Waals surface area contributed by atoms with Gasteiger partial charge in [-0.25, -0.2) is 4.79 Å². The van der Waals surface area contributed by atoms with Crippen LogP contribution in [0, 0.1) is 0 Å². The van der Waals surface area contributed by atoms with Crippen molar-refractivity contribution < 1.29 is 14.6 Å². The van der Waals surface area contributed by atoms with Crippen LogP contribution in [0.25, 0.3) is 6.08 Å². The largest absolute Gasteiger partial charge is 0.478 e. The standard InChI is InChI=1S/C11H10O3/c12-11(13)4-2-8-1-3-9-6-14-7-10(9)5-8/h1-5H,6-7H2,(H,12,13)/b4-2+. The highest BCUT2D eigenvalue weighted by atomic mass is 16.5. The molecule has 0 aliphatic carbocycles. The normalized spacial score (nSPS) is 14.6. The molecule has 0 saturated heterocycles. The second-order valence-corrected chi connectivity index (χ2v) is 3.19. The number of benzene rings is 1. The lowest BCUT2D eigenvalue weighted by Gasteiger charge is -1.97. The molecule has 0 amide bonds. The van der Waals surface area contributed by atoms with Gasteiger partial charge < -0.3 is 9.84 Å². The Balaban J connectivity index is 2.25. The maximum Gasteiger partial charge on any atom is 0.328 e. The summed E-state index contributed by atoms with van der Waals surface area (Å²) in [5.41, 5.74) is 3.24. The first-order valence-electron chi connectivity index (χ1n) is 4.36. The summed E-state index contributed by atoms with van der Waals surface area (Å²) in [5, 5.41) is 8.46. The third-order valence-corrected chi connectivity index (χ3v) is 2.16. The van der Waals surface area contributed by atoms with E-state index < -0.39 is 5.97 Å². The maximum atomic E-state index is 10.3. The third-order valence-electron chi connectivity index (χ3n) is 2.16. The van der Waals surface area contributed by atoms with Crippen LogP contribution in [0.15, 0.2) is 24.3 Å². The number of ether oxygens (including phenoxy) is 1. The van der Waals surface area contributed by atoms with Gasteiger partial charge in [0.05, 0.1) is 13.2 Å². The fourth-order valence-corrected chi connectivity index (χ4v) is 1.46. The molecule has 1 aliphatic heterocycles. The molecule has 0 spiro atoms. The minimum Gasteiger partial charge on any atom is -0.478 e. The number of aliphatic carboxylic acids is 1. The van der Waals surface area contributed by atoms with E-state index >= 15 is 0 Å². The fourth-order valence-electron chi connectivity index (χ4n) is 1.46. The van der Waals surface area contributed by atoms with Crippen molar-refractivity contribution in [1.82, 2.24) is 0 Å². The smallest absolute Gasteiger partial charge is 0.328 e. The van der Waals surface area contributed by atoms with E-state index in [4.69, 9.17) is 9.84 Å². The van der Waals surface area contributed by atoms with Crippen molar-refractivity contribution in [2.45, 2.75) is 13.2 Å². The molecule has 0 atom stereocenters. The maximum absolute atomic E-state index is 10.3. The quantitative estimate of drug-likeness (QED) is 0.723. The van der Waals surface area contributed by atoms with E-state index in [2.05, 4.69) is 0 Å². The van der Waals surface area contributed by atoms with Crippen LogP contribution in [0.2, 0.25) is 0 Å². The van der Waals surface area contributed by atoms with E-state index in [-0.39, 0.29) is 0 Å². The lowest BCUT2D eigenvalue weighted by atomic mass is 10.1. The number of hydrogen-bond acceptors (Lipinski definition) is 2. The van der Waals surface area contributed by atoms with Crippen molar-refractivity contribution in [3.8, 4) is 0 Å². The molecule has 0 unspecified atom stereocenters. The molecule has 14 heavy (non-hydrogen) atoms. The lowest BCUT2D eigenvalue weighted by Crippen LogP contribution is -1.87. The molecule has 0 saturated carbocycles. The van der Waals surface area contributed by atoms with Crippen LogP contribution >= 0.6 is 0 Å². The first-order valence-corrected chi connectivity index (χ1v) is 4.36. The zero-order valence-corrected chi connectivity index (χ0v) is 7.56. The molecule has 0 radical (unpaired) electrons. The number of carboxylic acids is 1. The highest BCUT2D eigenvalue weighted by molar-refractivity contribution is 5.85. The Labute approximate surface area is 81.6 Å². The second kappa shape index (κ2) is 3.64. The predicted molar refractivity (Wildman–Crippen MR) is 51.6 cm³/mol. The van der Waals surface area contributed by atoms with Crippen LogP contribution in [-0.4, -0.2) is 11.1 Å². The fraction of sp³-hybridized carbons (Fsp3) is 0.182. The first-order chi connectivity index (χ1) is 6.75. The number of carboxylic acid groups (broad SMARTS) is 1. The van der Waals surface area contributed by atoms with Gasteiger partial charge in [0, 0.05) is 6.08 Å². The molecule has 1 aromatic carbocycles. The predicted octanol–water partition coefficient (Wildman–Crippen LogP) is 1.81. The van der Waals surface area contributed by atoms with E-state index in [1.54, 1.807) is 6.08 Å². The molecule has 72 valence electrons.